The van der Waals surface area contributed by atoms with Crippen LogP contribution >= 0.6 is 11.8 Å². The normalized spacial score (nSPS) is 10.3. The first kappa shape index (κ1) is 12.5. The van der Waals surface area contributed by atoms with Gasteiger partial charge < -0.3 is 14.9 Å². The van der Waals surface area contributed by atoms with Gasteiger partial charge in [0.05, 0.1) is 24.0 Å². The van der Waals surface area contributed by atoms with Crippen LogP contribution in [0.3, 0.4) is 0 Å². The number of methoxy groups -OCH3 is 1. The molecular formula is C12H12N2O3S. The van der Waals surface area contributed by atoms with Crippen LogP contribution in [-0.2, 0) is 4.74 Å². The number of rotatable bonds is 3. The Hall–Kier alpha value is -1.95. The fourth-order valence-corrected chi connectivity index (χ4v) is 2.19. The molecule has 2 heterocycles. The van der Waals surface area contributed by atoms with Gasteiger partial charge in [0.2, 0.25) is 0 Å². The van der Waals surface area contributed by atoms with E-state index >= 15 is 0 Å². The van der Waals surface area contributed by atoms with Gasteiger partial charge in [-0.05, 0) is 25.1 Å². The molecule has 0 aromatic carbocycles. The molecule has 0 aliphatic heterocycles. The quantitative estimate of drug-likeness (QED) is 0.858. The van der Waals surface area contributed by atoms with E-state index in [1.54, 1.807) is 12.3 Å². The van der Waals surface area contributed by atoms with Crippen molar-refractivity contribution in [2.45, 2.75) is 16.8 Å². The number of nitrogen functional groups attached to an aromatic ring is 1. The molecular weight excluding hydrogens is 252 g/mol. The molecule has 0 atom stereocenters. The Morgan fingerprint density at radius 3 is 2.83 bits per heavy atom. The highest BCUT2D eigenvalue weighted by molar-refractivity contribution is 7.99. The van der Waals surface area contributed by atoms with Gasteiger partial charge >= 0.3 is 5.97 Å². The van der Waals surface area contributed by atoms with Gasteiger partial charge in [-0.25, -0.2) is 9.78 Å². The molecule has 0 unspecified atom stereocenters. The third-order valence-corrected chi connectivity index (χ3v) is 3.47. The van der Waals surface area contributed by atoms with E-state index in [0.717, 1.165) is 10.7 Å². The maximum absolute atomic E-state index is 11.4. The molecule has 0 aliphatic carbocycles. The molecule has 2 rings (SSSR count). The number of ether oxygens (including phenoxy) is 1. The van der Waals surface area contributed by atoms with Crippen molar-refractivity contribution in [2.24, 2.45) is 0 Å². The van der Waals surface area contributed by atoms with Crippen LogP contribution in [0.1, 0.15) is 16.2 Å². The van der Waals surface area contributed by atoms with E-state index in [9.17, 15) is 4.79 Å². The van der Waals surface area contributed by atoms with Gasteiger partial charge in [-0.2, -0.15) is 0 Å². The van der Waals surface area contributed by atoms with Gasteiger partial charge in [0, 0.05) is 0 Å². The maximum atomic E-state index is 11.4. The standard InChI is InChI=1S/C12H12N2O3S/c1-7-10(5-6-17-7)18-11-8(13)3-4-9(14-11)12(15)16-2/h3-6H,13H2,1-2H3. The third-order valence-electron chi connectivity index (χ3n) is 2.30. The van der Waals surface area contributed by atoms with Crippen LogP contribution in [0.25, 0.3) is 0 Å². The minimum absolute atomic E-state index is 0.232. The van der Waals surface area contributed by atoms with Crippen molar-refractivity contribution in [2.75, 3.05) is 12.8 Å². The van der Waals surface area contributed by atoms with Gasteiger partial charge in [0.15, 0.2) is 0 Å². The number of nitrogens with two attached hydrogens (primary N) is 1. The number of carbonyl (C=O) groups excluding carboxylic acids is 1. The van der Waals surface area contributed by atoms with Crippen molar-refractivity contribution in [3.63, 3.8) is 0 Å². The summed E-state index contributed by atoms with van der Waals surface area (Å²) in [5.41, 5.74) is 6.57. The topological polar surface area (TPSA) is 78.4 Å². The lowest BCUT2D eigenvalue weighted by Gasteiger charge is -2.05. The fraction of sp³-hybridized carbons (Fsp3) is 0.167. The second kappa shape index (κ2) is 5.14. The average Bonchev–Trinajstić information content (AvgIpc) is 2.77. The molecule has 2 N–H and O–H groups in total. The highest BCUT2D eigenvalue weighted by atomic mass is 32.2. The van der Waals surface area contributed by atoms with Crippen LogP contribution in [-0.4, -0.2) is 18.1 Å². The number of aryl methyl sites for hydroxylation is 1. The SMILES string of the molecule is COC(=O)c1ccc(N)c(Sc2ccoc2C)n1. The molecule has 0 radical (unpaired) electrons. The molecule has 0 aliphatic rings. The number of hydrogen-bond acceptors (Lipinski definition) is 6. The number of carbonyl (C=O) groups is 1. The second-order valence-corrected chi connectivity index (χ2v) is 4.56. The number of pyridine rings is 1. The monoisotopic (exact) mass is 264 g/mol. The number of nitrogens with zero attached hydrogens (tertiary/aromatic N) is 1. The lowest BCUT2D eigenvalue weighted by atomic mass is 10.3. The van der Waals surface area contributed by atoms with E-state index in [-0.39, 0.29) is 5.69 Å². The first-order valence-corrected chi connectivity index (χ1v) is 6.00. The van der Waals surface area contributed by atoms with E-state index in [0.29, 0.717) is 10.7 Å². The molecule has 18 heavy (non-hydrogen) atoms. The third kappa shape index (κ3) is 2.48. The van der Waals surface area contributed by atoms with Crippen molar-refractivity contribution >= 4 is 23.4 Å². The van der Waals surface area contributed by atoms with Crippen LogP contribution in [0, 0.1) is 6.92 Å². The van der Waals surface area contributed by atoms with Gasteiger partial charge in [-0.15, -0.1) is 0 Å². The van der Waals surface area contributed by atoms with Crippen molar-refractivity contribution < 1.29 is 13.9 Å². The van der Waals surface area contributed by atoms with Crippen molar-refractivity contribution in [1.29, 1.82) is 0 Å². The zero-order valence-electron chi connectivity index (χ0n) is 9.97. The number of furan rings is 1. The van der Waals surface area contributed by atoms with E-state index in [4.69, 9.17) is 10.2 Å². The minimum Gasteiger partial charge on any atom is -0.468 e. The summed E-state index contributed by atoms with van der Waals surface area (Å²) in [6.07, 6.45) is 1.60. The Labute approximate surface area is 108 Å². The van der Waals surface area contributed by atoms with Crippen molar-refractivity contribution in [3.8, 4) is 0 Å². The van der Waals surface area contributed by atoms with Crippen LogP contribution in [0.4, 0.5) is 5.69 Å². The predicted octanol–water partition coefficient (Wildman–Crippen LogP) is 2.50. The summed E-state index contributed by atoms with van der Waals surface area (Å²) < 4.78 is 9.81. The second-order valence-electron chi connectivity index (χ2n) is 3.53. The van der Waals surface area contributed by atoms with Crippen LogP contribution in [0.2, 0.25) is 0 Å². The first-order valence-electron chi connectivity index (χ1n) is 5.18. The largest absolute Gasteiger partial charge is 0.468 e. The van der Waals surface area contributed by atoms with E-state index in [2.05, 4.69) is 9.72 Å². The number of hydrogen-bond donors (Lipinski definition) is 1. The zero-order chi connectivity index (χ0) is 13.1. The smallest absolute Gasteiger partial charge is 0.356 e. The number of esters is 1. The van der Waals surface area contributed by atoms with Crippen LogP contribution in [0.15, 0.2) is 38.8 Å². The van der Waals surface area contributed by atoms with Gasteiger partial charge in [-0.1, -0.05) is 11.8 Å². The van der Waals surface area contributed by atoms with E-state index in [1.165, 1.54) is 24.9 Å². The van der Waals surface area contributed by atoms with Gasteiger partial charge in [-0.3, -0.25) is 0 Å². The average molecular weight is 264 g/mol. The molecule has 0 saturated carbocycles. The Bertz CT molecular complexity index is 580. The summed E-state index contributed by atoms with van der Waals surface area (Å²) in [7, 11) is 1.31. The predicted molar refractivity (Wildman–Crippen MR) is 67.6 cm³/mol. The van der Waals surface area contributed by atoms with Crippen molar-refractivity contribution in [3.05, 3.63) is 35.9 Å². The van der Waals surface area contributed by atoms with Gasteiger partial charge in [0.1, 0.15) is 16.5 Å². The molecule has 0 bridgehead atoms. The summed E-state index contributed by atoms with van der Waals surface area (Å²) in [5, 5.41) is 0.558. The Morgan fingerprint density at radius 1 is 1.44 bits per heavy atom. The summed E-state index contributed by atoms with van der Waals surface area (Å²) in [6, 6.07) is 5.00. The lowest BCUT2D eigenvalue weighted by Crippen LogP contribution is -2.05. The Morgan fingerprint density at radius 2 is 2.22 bits per heavy atom. The highest BCUT2D eigenvalue weighted by Crippen LogP contribution is 2.33. The summed E-state index contributed by atoms with van der Waals surface area (Å²) >= 11 is 1.35. The Kier molecular flexibility index (Phi) is 3.57. The molecule has 5 nitrogen and oxygen atoms in total. The van der Waals surface area contributed by atoms with Gasteiger partial charge in [0.25, 0.3) is 0 Å². The van der Waals surface area contributed by atoms with E-state index < -0.39 is 5.97 Å². The Balaban J connectivity index is 2.32. The fourth-order valence-electron chi connectivity index (χ4n) is 1.33. The maximum Gasteiger partial charge on any atom is 0.356 e. The molecule has 2 aromatic rings. The summed E-state index contributed by atoms with van der Waals surface area (Å²) in [4.78, 5) is 16.5. The van der Waals surface area contributed by atoms with E-state index in [1.807, 2.05) is 13.0 Å². The number of anilines is 1. The zero-order valence-corrected chi connectivity index (χ0v) is 10.8. The molecule has 6 heteroatoms. The molecule has 2 aromatic heterocycles. The minimum atomic E-state index is -0.485. The van der Waals surface area contributed by atoms with Crippen LogP contribution in [0.5, 0.6) is 0 Å². The molecule has 94 valence electrons. The summed E-state index contributed by atoms with van der Waals surface area (Å²) in [5.74, 6) is 0.297. The first-order chi connectivity index (χ1) is 8.61. The lowest BCUT2D eigenvalue weighted by molar-refractivity contribution is 0.0593. The molecule has 0 spiro atoms. The molecule has 0 amide bonds. The highest BCUT2D eigenvalue weighted by Gasteiger charge is 2.13. The van der Waals surface area contributed by atoms with Crippen molar-refractivity contribution in [1.82, 2.24) is 4.98 Å². The molecule has 0 fully saturated rings. The summed E-state index contributed by atoms with van der Waals surface area (Å²) in [6.45, 7) is 1.85. The molecule has 0 saturated heterocycles. The number of aromatic nitrogens is 1. The van der Waals surface area contributed by atoms with Crippen LogP contribution < -0.4 is 5.73 Å².